The van der Waals surface area contributed by atoms with Crippen molar-refractivity contribution >= 4 is 39.4 Å². The highest BCUT2D eigenvalue weighted by atomic mass is 79.9. The van der Waals surface area contributed by atoms with Crippen LogP contribution in [-0.4, -0.2) is 23.0 Å². The summed E-state index contributed by atoms with van der Waals surface area (Å²) in [4.78, 5) is 22.6. The average molecular weight is 335 g/mol. The lowest BCUT2D eigenvalue weighted by atomic mass is 10.1. The lowest BCUT2D eigenvalue weighted by molar-refractivity contribution is -0.137. The number of carboxylic acid groups (broad SMARTS) is 1. The maximum absolute atomic E-state index is 12.0. The fraction of sp³-hybridized carbons (Fsp3) is 0.333. The molecule has 0 aliphatic carbocycles. The molecule has 0 bridgehead atoms. The average Bonchev–Trinajstić information content (AvgIpc) is 2.31. The Hall–Kier alpha value is -1.07. The van der Waals surface area contributed by atoms with E-state index in [4.69, 9.17) is 16.7 Å². The van der Waals surface area contributed by atoms with Gasteiger partial charge >= 0.3 is 5.97 Å². The second-order valence-electron chi connectivity index (χ2n) is 3.78. The summed E-state index contributed by atoms with van der Waals surface area (Å²) in [5.41, 5.74) is 0.329. The lowest BCUT2D eigenvalue weighted by Crippen LogP contribution is -2.36. The third-order valence-electron chi connectivity index (χ3n) is 2.45. The fourth-order valence-electron chi connectivity index (χ4n) is 1.45. The number of aliphatic carboxylic acids is 1. The Balaban J connectivity index is 2.81. The van der Waals surface area contributed by atoms with Gasteiger partial charge in [-0.2, -0.15) is 0 Å². The van der Waals surface area contributed by atoms with Gasteiger partial charge in [-0.05, 0) is 34.5 Å². The van der Waals surface area contributed by atoms with Crippen LogP contribution in [-0.2, 0) is 4.79 Å². The normalized spacial score (nSPS) is 11.9. The van der Waals surface area contributed by atoms with E-state index in [1.54, 1.807) is 18.2 Å². The van der Waals surface area contributed by atoms with E-state index < -0.39 is 12.0 Å². The number of rotatable bonds is 5. The molecule has 1 aromatic carbocycles. The van der Waals surface area contributed by atoms with E-state index in [0.717, 1.165) is 0 Å². The third-order valence-corrected chi connectivity index (χ3v) is 3.74. The first kappa shape index (κ1) is 15.0. The van der Waals surface area contributed by atoms with Crippen LogP contribution in [0.1, 0.15) is 30.1 Å². The lowest BCUT2D eigenvalue weighted by Gasteiger charge is -2.15. The third kappa shape index (κ3) is 3.99. The Morgan fingerprint density at radius 2 is 2.17 bits per heavy atom. The topological polar surface area (TPSA) is 66.4 Å². The molecular weight excluding hydrogens is 321 g/mol. The molecule has 4 nitrogen and oxygen atoms in total. The van der Waals surface area contributed by atoms with Gasteiger partial charge in [0.25, 0.3) is 5.91 Å². The molecule has 0 saturated carbocycles. The molecule has 0 aliphatic rings. The number of carboxylic acids is 1. The van der Waals surface area contributed by atoms with Crippen LogP contribution >= 0.6 is 27.5 Å². The van der Waals surface area contributed by atoms with Gasteiger partial charge in [-0.3, -0.25) is 9.59 Å². The summed E-state index contributed by atoms with van der Waals surface area (Å²) in [6.07, 6.45) is 0.442. The van der Waals surface area contributed by atoms with E-state index >= 15 is 0 Å². The van der Waals surface area contributed by atoms with Crippen LogP contribution in [0.25, 0.3) is 0 Å². The molecule has 1 atom stereocenters. The highest BCUT2D eigenvalue weighted by Crippen LogP contribution is 2.26. The Labute approximate surface area is 118 Å². The van der Waals surface area contributed by atoms with Gasteiger partial charge in [-0.15, -0.1) is 0 Å². The largest absolute Gasteiger partial charge is 0.481 e. The van der Waals surface area contributed by atoms with E-state index in [9.17, 15) is 9.59 Å². The van der Waals surface area contributed by atoms with Crippen molar-refractivity contribution in [2.75, 3.05) is 0 Å². The first-order valence-electron chi connectivity index (χ1n) is 5.42. The van der Waals surface area contributed by atoms with Gasteiger partial charge in [0, 0.05) is 10.5 Å². The molecule has 1 amide bonds. The molecule has 1 unspecified atom stereocenters. The number of halogens is 2. The maximum Gasteiger partial charge on any atom is 0.305 e. The van der Waals surface area contributed by atoms with Crippen molar-refractivity contribution in [1.82, 2.24) is 5.32 Å². The van der Waals surface area contributed by atoms with Gasteiger partial charge in [0.15, 0.2) is 0 Å². The van der Waals surface area contributed by atoms with Gasteiger partial charge in [0.2, 0.25) is 0 Å². The smallest absolute Gasteiger partial charge is 0.305 e. The number of carbonyl (C=O) groups is 2. The van der Waals surface area contributed by atoms with Gasteiger partial charge in [0.05, 0.1) is 17.0 Å². The summed E-state index contributed by atoms with van der Waals surface area (Å²) in [7, 11) is 0. The highest BCUT2D eigenvalue weighted by Gasteiger charge is 2.17. The minimum atomic E-state index is -0.942. The zero-order chi connectivity index (χ0) is 13.7. The number of nitrogens with one attached hydrogen (secondary N) is 1. The van der Waals surface area contributed by atoms with Crippen LogP contribution in [0.2, 0.25) is 5.02 Å². The van der Waals surface area contributed by atoms with E-state index in [0.29, 0.717) is 21.5 Å². The number of benzene rings is 1. The molecule has 6 heteroatoms. The monoisotopic (exact) mass is 333 g/mol. The van der Waals surface area contributed by atoms with Crippen LogP contribution in [0, 0.1) is 0 Å². The maximum atomic E-state index is 12.0. The molecule has 2 N–H and O–H groups in total. The molecular formula is C12H13BrClNO3. The van der Waals surface area contributed by atoms with Gasteiger partial charge in [0.1, 0.15) is 0 Å². The Bertz CT molecular complexity index is 465. The second-order valence-corrected chi connectivity index (χ2v) is 5.01. The Morgan fingerprint density at radius 3 is 2.72 bits per heavy atom. The fourth-order valence-corrected chi connectivity index (χ4v) is 2.03. The predicted molar refractivity (Wildman–Crippen MR) is 73.0 cm³/mol. The molecule has 0 saturated heterocycles. The SMILES string of the molecule is CCC(CC(=O)O)NC(=O)c1cccc(Br)c1Cl. The summed E-state index contributed by atoms with van der Waals surface area (Å²) < 4.78 is 0.628. The highest BCUT2D eigenvalue weighted by molar-refractivity contribution is 9.10. The van der Waals surface area contributed by atoms with E-state index in [1.165, 1.54) is 0 Å². The first-order valence-corrected chi connectivity index (χ1v) is 6.59. The van der Waals surface area contributed by atoms with Gasteiger partial charge < -0.3 is 10.4 Å². The van der Waals surface area contributed by atoms with Crippen LogP contribution < -0.4 is 5.32 Å². The molecule has 0 spiro atoms. The van der Waals surface area contributed by atoms with Crippen molar-refractivity contribution in [3.05, 3.63) is 33.3 Å². The van der Waals surface area contributed by atoms with Gasteiger partial charge in [-0.25, -0.2) is 0 Å². The molecule has 0 heterocycles. The standard InChI is InChI=1S/C12H13BrClNO3/c1-2-7(6-10(16)17)15-12(18)8-4-3-5-9(13)11(8)14/h3-5,7H,2,6H2,1H3,(H,15,18)(H,16,17). The summed E-state index contributed by atoms with van der Waals surface area (Å²) in [5.74, 6) is -1.31. The van der Waals surface area contributed by atoms with Crippen molar-refractivity contribution in [1.29, 1.82) is 0 Å². The predicted octanol–water partition coefficient (Wildman–Crippen LogP) is 3.09. The molecule has 18 heavy (non-hydrogen) atoms. The Morgan fingerprint density at radius 1 is 1.50 bits per heavy atom. The summed E-state index contributed by atoms with van der Waals surface area (Å²) in [5, 5.41) is 11.7. The second kappa shape index (κ2) is 6.75. The molecule has 98 valence electrons. The van der Waals surface area contributed by atoms with E-state index in [-0.39, 0.29) is 12.3 Å². The molecule has 0 aliphatic heterocycles. The minimum absolute atomic E-state index is 0.103. The molecule has 1 aromatic rings. The zero-order valence-corrected chi connectivity index (χ0v) is 12.1. The van der Waals surface area contributed by atoms with Gasteiger partial charge in [-0.1, -0.05) is 24.6 Å². The van der Waals surface area contributed by atoms with Crippen molar-refractivity contribution < 1.29 is 14.7 Å². The van der Waals surface area contributed by atoms with E-state index in [1.807, 2.05) is 6.92 Å². The minimum Gasteiger partial charge on any atom is -0.481 e. The van der Waals surface area contributed by atoms with Crippen molar-refractivity contribution in [3.63, 3.8) is 0 Å². The molecule has 0 fully saturated rings. The number of amides is 1. The van der Waals surface area contributed by atoms with E-state index in [2.05, 4.69) is 21.2 Å². The van der Waals surface area contributed by atoms with Crippen LogP contribution in [0.15, 0.2) is 22.7 Å². The summed E-state index contributed by atoms with van der Waals surface area (Å²) in [6, 6.07) is 4.62. The first-order chi connectivity index (χ1) is 8.45. The van der Waals surface area contributed by atoms with Crippen molar-refractivity contribution in [3.8, 4) is 0 Å². The number of carbonyl (C=O) groups excluding carboxylic acids is 1. The molecule has 0 radical (unpaired) electrons. The van der Waals surface area contributed by atoms with Crippen molar-refractivity contribution in [2.24, 2.45) is 0 Å². The van der Waals surface area contributed by atoms with Crippen LogP contribution in [0.4, 0.5) is 0 Å². The summed E-state index contributed by atoms with van der Waals surface area (Å²) >= 11 is 9.23. The molecule has 1 rings (SSSR count). The zero-order valence-electron chi connectivity index (χ0n) is 9.74. The summed E-state index contributed by atoms with van der Waals surface area (Å²) in [6.45, 7) is 1.82. The number of hydrogen-bond donors (Lipinski definition) is 2. The Kier molecular flexibility index (Phi) is 5.62. The van der Waals surface area contributed by atoms with Crippen LogP contribution in [0.5, 0.6) is 0 Å². The van der Waals surface area contributed by atoms with Crippen LogP contribution in [0.3, 0.4) is 0 Å². The molecule has 0 aromatic heterocycles. The number of hydrogen-bond acceptors (Lipinski definition) is 2. The van der Waals surface area contributed by atoms with Crippen molar-refractivity contribution in [2.45, 2.75) is 25.8 Å². The quantitative estimate of drug-likeness (QED) is 0.869.